The topological polar surface area (TPSA) is 66.5 Å². The van der Waals surface area contributed by atoms with E-state index in [0.717, 1.165) is 45.1 Å². The van der Waals surface area contributed by atoms with E-state index in [2.05, 4.69) is 20.5 Å². The Morgan fingerprint density at radius 1 is 1.43 bits per heavy atom. The van der Waals surface area contributed by atoms with Gasteiger partial charge >= 0.3 is 0 Å². The maximum absolute atomic E-state index is 12.1. The first-order valence-corrected chi connectivity index (χ1v) is 7.54. The van der Waals surface area contributed by atoms with E-state index in [0.29, 0.717) is 11.7 Å². The predicted molar refractivity (Wildman–Crippen MR) is 81.4 cm³/mol. The molecule has 2 aliphatic rings. The number of morpholine rings is 1. The van der Waals surface area contributed by atoms with Crippen molar-refractivity contribution in [1.82, 2.24) is 10.3 Å². The van der Waals surface area contributed by atoms with Crippen LogP contribution in [0, 0.1) is 11.8 Å². The second-order valence-electron chi connectivity index (χ2n) is 5.70. The van der Waals surface area contributed by atoms with Crippen LogP contribution < -0.4 is 15.5 Å². The number of pyridine rings is 1. The number of anilines is 2. The van der Waals surface area contributed by atoms with Gasteiger partial charge in [0.15, 0.2) is 0 Å². The number of hydrogen-bond acceptors (Lipinski definition) is 5. The Kier molecular flexibility index (Phi) is 4.36. The zero-order valence-electron chi connectivity index (χ0n) is 12.3. The highest BCUT2D eigenvalue weighted by atomic mass is 16.5. The van der Waals surface area contributed by atoms with Crippen LogP contribution in [0.4, 0.5) is 11.5 Å². The summed E-state index contributed by atoms with van der Waals surface area (Å²) in [6.07, 6.45) is 1.82. The van der Waals surface area contributed by atoms with Crippen molar-refractivity contribution < 1.29 is 9.53 Å². The van der Waals surface area contributed by atoms with Gasteiger partial charge in [0.1, 0.15) is 5.82 Å². The molecule has 0 aromatic carbocycles. The summed E-state index contributed by atoms with van der Waals surface area (Å²) in [4.78, 5) is 18.7. The van der Waals surface area contributed by atoms with E-state index in [1.807, 2.05) is 25.3 Å². The third-order valence-corrected chi connectivity index (χ3v) is 4.31. The third-order valence-electron chi connectivity index (χ3n) is 4.31. The first-order valence-electron chi connectivity index (χ1n) is 7.54. The Morgan fingerprint density at radius 3 is 2.76 bits per heavy atom. The SMILES string of the molecule is CC(C(=O)Nc1ccc(N2CCOCC2)cn1)C1CNC1. The summed E-state index contributed by atoms with van der Waals surface area (Å²) in [5.41, 5.74) is 1.08. The van der Waals surface area contributed by atoms with Crippen molar-refractivity contribution in [2.24, 2.45) is 11.8 Å². The molecule has 6 heteroatoms. The highest BCUT2D eigenvalue weighted by molar-refractivity contribution is 5.91. The number of amides is 1. The fraction of sp³-hybridized carbons (Fsp3) is 0.600. The summed E-state index contributed by atoms with van der Waals surface area (Å²) in [6, 6.07) is 3.87. The molecule has 1 unspecified atom stereocenters. The number of carbonyl (C=O) groups is 1. The minimum absolute atomic E-state index is 0.0203. The molecule has 3 rings (SSSR count). The lowest BCUT2D eigenvalue weighted by atomic mass is 9.88. The van der Waals surface area contributed by atoms with E-state index in [-0.39, 0.29) is 11.8 Å². The summed E-state index contributed by atoms with van der Waals surface area (Å²) < 4.78 is 5.34. The first-order chi connectivity index (χ1) is 10.2. The highest BCUT2D eigenvalue weighted by Crippen LogP contribution is 2.19. The summed E-state index contributed by atoms with van der Waals surface area (Å²) >= 11 is 0. The molecule has 0 spiro atoms. The van der Waals surface area contributed by atoms with Gasteiger partial charge in [-0.3, -0.25) is 4.79 Å². The number of carbonyl (C=O) groups excluding carboxylic acids is 1. The molecule has 114 valence electrons. The molecule has 0 saturated carbocycles. The normalized spacial score (nSPS) is 20.7. The van der Waals surface area contributed by atoms with E-state index in [1.165, 1.54) is 0 Å². The molecular weight excluding hydrogens is 268 g/mol. The molecule has 2 N–H and O–H groups in total. The van der Waals surface area contributed by atoms with Crippen molar-refractivity contribution in [1.29, 1.82) is 0 Å². The molecule has 2 saturated heterocycles. The smallest absolute Gasteiger partial charge is 0.228 e. The Hall–Kier alpha value is -1.66. The van der Waals surface area contributed by atoms with Crippen LogP contribution in [-0.4, -0.2) is 50.3 Å². The van der Waals surface area contributed by atoms with Crippen LogP contribution >= 0.6 is 0 Å². The molecule has 0 aliphatic carbocycles. The van der Waals surface area contributed by atoms with Crippen molar-refractivity contribution >= 4 is 17.4 Å². The fourth-order valence-corrected chi connectivity index (χ4v) is 2.59. The average Bonchev–Trinajstić information content (AvgIpc) is 2.47. The van der Waals surface area contributed by atoms with E-state index < -0.39 is 0 Å². The fourth-order valence-electron chi connectivity index (χ4n) is 2.59. The molecule has 1 atom stereocenters. The van der Waals surface area contributed by atoms with Crippen LogP contribution in [0.2, 0.25) is 0 Å². The molecule has 1 aromatic heterocycles. The van der Waals surface area contributed by atoms with E-state index >= 15 is 0 Å². The monoisotopic (exact) mass is 290 g/mol. The Morgan fingerprint density at radius 2 is 2.19 bits per heavy atom. The molecule has 2 fully saturated rings. The van der Waals surface area contributed by atoms with Gasteiger partial charge < -0.3 is 20.3 Å². The standard InChI is InChI=1S/C15H22N4O2/c1-11(12-8-16-9-12)15(20)18-14-3-2-13(10-17-14)19-4-6-21-7-5-19/h2-3,10-12,16H,4-9H2,1H3,(H,17,18,20). The van der Waals surface area contributed by atoms with Gasteiger partial charge in [-0.25, -0.2) is 4.98 Å². The molecular formula is C15H22N4O2. The van der Waals surface area contributed by atoms with Gasteiger partial charge in [-0.15, -0.1) is 0 Å². The molecule has 1 aromatic rings. The van der Waals surface area contributed by atoms with E-state index in [9.17, 15) is 4.79 Å². The third kappa shape index (κ3) is 3.33. The van der Waals surface area contributed by atoms with Crippen molar-refractivity contribution in [3.8, 4) is 0 Å². The summed E-state index contributed by atoms with van der Waals surface area (Å²) in [7, 11) is 0. The number of hydrogen-bond donors (Lipinski definition) is 2. The quantitative estimate of drug-likeness (QED) is 0.855. The summed E-state index contributed by atoms with van der Waals surface area (Å²) in [6.45, 7) is 7.12. The maximum Gasteiger partial charge on any atom is 0.228 e. The maximum atomic E-state index is 12.1. The largest absolute Gasteiger partial charge is 0.378 e. The van der Waals surface area contributed by atoms with Crippen molar-refractivity contribution in [2.75, 3.05) is 49.6 Å². The van der Waals surface area contributed by atoms with Crippen molar-refractivity contribution in [2.45, 2.75) is 6.92 Å². The molecule has 0 bridgehead atoms. The van der Waals surface area contributed by atoms with Crippen molar-refractivity contribution in [3.63, 3.8) is 0 Å². The van der Waals surface area contributed by atoms with E-state index in [1.54, 1.807) is 0 Å². The summed E-state index contributed by atoms with van der Waals surface area (Å²) in [5.74, 6) is 1.13. The lowest BCUT2D eigenvalue weighted by molar-refractivity contribution is -0.121. The molecule has 1 amide bonds. The van der Waals surface area contributed by atoms with Crippen molar-refractivity contribution in [3.05, 3.63) is 18.3 Å². The van der Waals surface area contributed by atoms with Crippen LogP contribution in [0.25, 0.3) is 0 Å². The molecule has 2 aliphatic heterocycles. The first kappa shape index (κ1) is 14.3. The molecule has 6 nitrogen and oxygen atoms in total. The van der Waals surface area contributed by atoms with Crippen LogP contribution in [0.3, 0.4) is 0 Å². The summed E-state index contributed by atoms with van der Waals surface area (Å²) in [5, 5.41) is 6.09. The molecule has 0 radical (unpaired) electrons. The average molecular weight is 290 g/mol. The second-order valence-corrected chi connectivity index (χ2v) is 5.70. The number of rotatable bonds is 4. The minimum atomic E-state index is 0.0203. The van der Waals surface area contributed by atoms with E-state index in [4.69, 9.17) is 4.74 Å². The van der Waals surface area contributed by atoms with Gasteiger partial charge in [0, 0.05) is 19.0 Å². The van der Waals surface area contributed by atoms with Gasteiger partial charge in [-0.2, -0.15) is 0 Å². The lowest BCUT2D eigenvalue weighted by Crippen LogP contribution is -2.48. The van der Waals surface area contributed by atoms with Gasteiger partial charge in [-0.05, 0) is 31.1 Å². The number of nitrogens with zero attached hydrogens (tertiary/aromatic N) is 2. The van der Waals surface area contributed by atoms with Gasteiger partial charge in [0.2, 0.25) is 5.91 Å². The zero-order chi connectivity index (χ0) is 14.7. The van der Waals surface area contributed by atoms with Crippen LogP contribution in [0.15, 0.2) is 18.3 Å². The number of nitrogens with one attached hydrogen (secondary N) is 2. The zero-order valence-corrected chi connectivity index (χ0v) is 12.3. The van der Waals surface area contributed by atoms with Gasteiger partial charge in [0.05, 0.1) is 25.1 Å². The lowest BCUT2D eigenvalue weighted by Gasteiger charge is -2.31. The van der Waals surface area contributed by atoms with Crippen LogP contribution in [0.5, 0.6) is 0 Å². The molecule has 3 heterocycles. The van der Waals surface area contributed by atoms with Crippen LogP contribution in [0.1, 0.15) is 6.92 Å². The minimum Gasteiger partial charge on any atom is -0.378 e. The number of aromatic nitrogens is 1. The Balaban J connectivity index is 1.57. The van der Waals surface area contributed by atoms with Gasteiger partial charge in [-0.1, -0.05) is 6.92 Å². The number of ether oxygens (including phenoxy) is 1. The Bertz CT molecular complexity index is 481. The Labute approximate surface area is 124 Å². The van der Waals surface area contributed by atoms with Gasteiger partial charge in [0.25, 0.3) is 0 Å². The molecule has 21 heavy (non-hydrogen) atoms. The second kappa shape index (κ2) is 6.41. The van der Waals surface area contributed by atoms with Crippen LogP contribution in [-0.2, 0) is 9.53 Å². The highest BCUT2D eigenvalue weighted by Gasteiger charge is 2.28. The predicted octanol–water partition coefficient (Wildman–Crippen LogP) is 0.712.